The lowest BCUT2D eigenvalue weighted by atomic mass is 10.3. The first-order valence-electron chi connectivity index (χ1n) is 4.92. The summed E-state index contributed by atoms with van der Waals surface area (Å²) in [5.41, 5.74) is 0. The third kappa shape index (κ3) is 4.52. The predicted octanol–water partition coefficient (Wildman–Crippen LogP) is 1.33. The van der Waals surface area contributed by atoms with Gasteiger partial charge in [0.1, 0.15) is 0 Å². The van der Waals surface area contributed by atoms with Crippen LogP contribution in [0.4, 0.5) is 8.78 Å². The summed E-state index contributed by atoms with van der Waals surface area (Å²) < 4.78 is 23.7. The van der Waals surface area contributed by atoms with Crippen LogP contribution < -0.4 is 5.32 Å². The standard InChI is InChI=1S/C9H18F2N2/c1-8(12-6-9(10)11)7-13-4-2-3-5-13/h8-9,12H,2-7H2,1H3. The van der Waals surface area contributed by atoms with Gasteiger partial charge in [-0.15, -0.1) is 0 Å². The fraction of sp³-hybridized carbons (Fsp3) is 1.00. The average molecular weight is 192 g/mol. The topological polar surface area (TPSA) is 15.3 Å². The number of alkyl halides is 2. The number of hydrogen-bond donors (Lipinski definition) is 1. The summed E-state index contributed by atoms with van der Waals surface area (Å²) >= 11 is 0. The van der Waals surface area contributed by atoms with Crippen LogP contribution >= 0.6 is 0 Å². The van der Waals surface area contributed by atoms with Crippen molar-refractivity contribution in [3.05, 3.63) is 0 Å². The molecule has 0 aromatic heterocycles. The lowest BCUT2D eigenvalue weighted by molar-refractivity contribution is 0.139. The highest BCUT2D eigenvalue weighted by Gasteiger charge is 2.14. The maximum atomic E-state index is 11.8. The zero-order valence-corrected chi connectivity index (χ0v) is 8.10. The molecule has 2 nitrogen and oxygen atoms in total. The highest BCUT2D eigenvalue weighted by Crippen LogP contribution is 2.07. The van der Waals surface area contributed by atoms with Crippen molar-refractivity contribution in [2.24, 2.45) is 0 Å². The van der Waals surface area contributed by atoms with Crippen molar-refractivity contribution in [2.45, 2.75) is 32.2 Å². The van der Waals surface area contributed by atoms with E-state index in [4.69, 9.17) is 0 Å². The Balaban J connectivity index is 2.05. The number of nitrogens with zero attached hydrogens (tertiary/aromatic N) is 1. The molecule has 4 heteroatoms. The van der Waals surface area contributed by atoms with Crippen molar-refractivity contribution in [3.8, 4) is 0 Å². The van der Waals surface area contributed by atoms with Gasteiger partial charge in [0.05, 0.1) is 6.54 Å². The van der Waals surface area contributed by atoms with E-state index in [1.165, 1.54) is 12.8 Å². The Kier molecular flexibility index (Phi) is 4.59. The molecule has 1 aliphatic heterocycles. The molecule has 1 N–H and O–H groups in total. The summed E-state index contributed by atoms with van der Waals surface area (Å²) in [6.45, 7) is 4.92. The van der Waals surface area contributed by atoms with Gasteiger partial charge in [-0.3, -0.25) is 0 Å². The lowest BCUT2D eigenvalue weighted by Crippen LogP contribution is -2.39. The first kappa shape index (κ1) is 10.9. The summed E-state index contributed by atoms with van der Waals surface area (Å²) in [5, 5.41) is 2.82. The third-order valence-corrected chi connectivity index (χ3v) is 2.35. The van der Waals surface area contributed by atoms with Gasteiger partial charge in [-0.1, -0.05) is 0 Å². The summed E-state index contributed by atoms with van der Waals surface area (Å²) in [6, 6.07) is 0.173. The Labute approximate surface area is 78.3 Å². The van der Waals surface area contributed by atoms with Crippen LogP contribution in [0, 0.1) is 0 Å². The van der Waals surface area contributed by atoms with Gasteiger partial charge in [0.2, 0.25) is 0 Å². The van der Waals surface area contributed by atoms with Gasteiger partial charge in [0, 0.05) is 12.6 Å². The monoisotopic (exact) mass is 192 g/mol. The third-order valence-electron chi connectivity index (χ3n) is 2.35. The van der Waals surface area contributed by atoms with Crippen molar-refractivity contribution in [3.63, 3.8) is 0 Å². The molecular weight excluding hydrogens is 174 g/mol. The van der Waals surface area contributed by atoms with Crippen molar-refractivity contribution in [2.75, 3.05) is 26.2 Å². The predicted molar refractivity (Wildman–Crippen MR) is 49.1 cm³/mol. The molecule has 13 heavy (non-hydrogen) atoms. The maximum absolute atomic E-state index is 11.8. The number of halogens is 2. The van der Waals surface area contributed by atoms with Gasteiger partial charge in [-0.2, -0.15) is 0 Å². The van der Waals surface area contributed by atoms with E-state index < -0.39 is 6.43 Å². The quantitative estimate of drug-likeness (QED) is 0.707. The highest BCUT2D eigenvalue weighted by atomic mass is 19.3. The molecule has 0 aliphatic carbocycles. The summed E-state index contributed by atoms with van der Waals surface area (Å²) in [7, 11) is 0. The van der Waals surface area contributed by atoms with Crippen LogP contribution in [-0.2, 0) is 0 Å². The number of likely N-dealkylation sites (tertiary alicyclic amines) is 1. The Hall–Kier alpha value is -0.220. The van der Waals surface area contributed by atoms with Crippen LogP contribution in [0.25, 0.3) is 0 Å². The van der Waals surface area contributed by atoms with Crippen LogP contribution in [0.1, 0.15) is 19.8 Å². The number of hydrogen-bond acceptors (Lipinski definition) is 2. The van der Waals surface area contributed by atoms with Crippen LogP contribution in [0.2, 0.25) is 0 Å². The molecule has 0 saturated carbocycles. The van der Waals surface area contributed by atoms with Crippen LogP contribution in [0.15, 0.2) is 0 Å². The van der Waals surface area contributed by atoms with E-state index >= 15 is 0 Å². The summed E-state index contributed by atoms with van der Waals surface area (Å²) in [5.74, 6) is 0. The van der Waals surface area contributed by atoms with E-state index in [9.17, 15) is 8.78 Å². The van der Waals surface area contributed by atoms with E-state index in [1.54, 1.807) is 0 Å². The van der Waals surface area contributed by atoms with E-state index in [-0.39, 0.29) is 12.6 Å². The minimum atomic E-state index is -2.24. The van der Waals surface area contributed by atoms with Crippen molar-refractivity contribution >= 4 is 0 Å². The molecule has 0 amide bonds. The first-order valence-corrected chi connectivity index (χ1v) is 4.92. The Bertz CT molecular complexity index is 136. The molecule has 0 radical (unpaired) electrons. The minimum absolute atomic E-state index is 0.173. The number of nitrogens with one attached hydrogen (secondary N) is 1. The zero-order valence-electron chi connectivity index (χ0n) is 8.10. The normalized spacial score (nSPS) is 21.2. The molecular formula is C9H18F2N2. The van der Waals surface area contributed by atoms with Gasteiger partial charge < -0.3 is 10.2 Å². The SMILES string of the molecule is CC(CN1CCCC1)NCC(F)F. The van der Waals surface area contributed by atoms with Gasteiger partial charge >= 0.3 is 0 Å². The molecule has 1 aliphatic rings. The maximum Gasteiger partial charge on any atom is 0.250 e. The second-order valence-corrected chi connectivity index (χ2v) is 3.71. The Morgan fingerprint density at radius 1 is 1.31 bits per heavy atom. The van der Waals surface area contributed by atoms with Gasteiger partial charge in [0.25, 0.3) is 6.43 Å². The largest absolute Gasteiger partial charge is 0.308 e. The van der Waals surface area contributed by atoms with Crippen LogP contribution in [0.5, 0.6) is 0 Å². The fourth-order valence-corrected chi connectivity index (χ4v) is 1.71. The van der Waals surface area contributed by atoms with Gasteiger partial charge in [-0.25, -0.2) is 8.78 Å². The van der Waals surface area contributed by atoms with E-state index in [0.29, 0.717) is 0 Å². The van der Waals surface area contributed by atoms with E-state index in [1.807, 2.05) is 6.92 Å². The average Bonchev–Trinajstić information content (AvgIpc) is 2.53. The van der Waals surface area contributed by atoms with Gasteiger partial charge in [-0.05, 0) is 32.9 Å². The molecule has 0 aromatic carbocycles. The van der Waals surface area contributed by atoms with Crippen LogP contribution in [0.3, 0.4) is 0 Å². The number of rotatable bonds is 5. The second-order valence-electron chi connectivity index (χ2n) is 3.71. The highest BCUT2D eigenvalue weighted by molar-refractivity contribution is 4.72. The molecule has 0 spiro atoms. The molecule has 1 unspecified atom stereocenters. The fourth-order valence-electron chi connectivity index (χ4n) is 1.71. The van der Waals surface area contributed by atoms with Crippen LogP contribution in [-0.4, -0.2) is 43.5 Å². The van der Waals surface area contributed by atoms with Crippen molar-refractivity contribution in [1.82, 2.24) is 10.2 Å². The molecule has 1 rings (SSSR count). The van der Waals surface area contributed by atoms with E-state index in [2.05, 4.69) is 10.2 Å². The Morgan fingerprint density at radius 3 is 2.46 bits per heavy atom. The van der Waals surface area contributed by atoms with Crippen molar-refractivity contribution in [1.29, 1.82) is 0 Å². The zero-order chi connectivity index (χ0) is 9.68. The molecule has 78 valence electrons. The van der Waals surface area contributed by atoms with E-state index in [0.717, 1.165) is 19.6 Å². The molecule has 1 saturated heterocycles. The smallest absolute Gasteiger partial charge is 0.250 e. The van der Waals surface area contributed by atoms with Crippen molar-refractivity contribution < 1.29 is 8.78 Å². The molecule has 1 heterocycles. The van der Waals surface area contributed by atoms with Gasteiger partial charge in [0.15, 0.2) is 0 Å². The summed E-state index contributed by atoms with van der Waals surface area (Å²) in [6.07, 6.45) is 0.268. The second kappa shape index (κ2) is 5.50. The molecule has 0 bridgehead atoms. The molecule has 1 fully saturated rings. The lowest BCUT2D eigenvalue weighted by Gasteiger charge is -2.20. The first-order chi connectivity index (χ1) is 6.18. The molecule has 0 aromatic rings. The minimum Gasteiger partial charge on any atom is -0.308 e. The molecule has 1 atom stereocenters. The Morgan fingerprint density at radius 2 is 1.92 bits per heavy atom. The summed E-state index contributed by atoms with van der Waals surface area (Å²) in [4.78, 5) is 2.32.